The summed E-state index contributed by atoms with van der Waals surface area (Å²) in [5.41, 5.74) is 3.58. The highest BCUT2D eigenvalue weighted by Gasteiger charge is 2.22. The lowest BCUT2D eigenvalue weighted by molar-refractivity contribution is -0.386. The van der Waals surface area contributed by atoms with Crippen molar-refractivity contribution in [3.05, 3.63) is 124 Å². The highest BCUT2D eigenvalue weighted by molar-refractivity contribution is 9.10. The van der Waals surface area contributed by atoms with Gasteiger partial charge in [-0.25, -0.2) is 4.98 Å². The average molecular weight is 734 g/mol. The van der Waals surface area contributed by atoms with Crippen molar-refractivity contribution in [2.24, 2.45) is 5.10 Å². The largest absolute Gasteiger partial charge is 0.494 e. The van der Waals surface area contributed by atoms with Gasteiger partial charge >= 0.3 is 5.69 Å². The van der Waals surface area contributed by atoms with Crippen molar-refractivity contribution in [3.8, 4) is 22.9 Å². The number of aromatic nitrogens is 2. The second-order valence-corrected chi connectivity index (χ2v) is 12.5. The molecular weight excluding hydrogens is 704 g/mol. The van der Waals surface area contributed by atoms with Crippen LogP contribution in [0.25, 0.3) is 22.3 Å². The number of nitro groups is 1. The van der Waals surface area contributed by atoms with E-state index in [9.17, 15) is 14.9 Å². The van der Waals surface area contributed by atoms with E-state index in [0.717, 1.165) is 26.9 Å². The Balaban J connectivity index is 1.69. The molecule has 0 unspecified atom stereocenters. The minimum Gasteiger partial charge on any atom is -0.494 e. The zero-order valence-corrected chi connectivity index (χ0v) is 28.3. The summed E-state index contributed by atoms with van der Waals surface area (Å²) in [6, 6.07) is 21.5. The molecule has 0 spiro atoms. The van der Waals surface area contributed by atoms with Crippen molar-refractivity contribution in [2.75, 3.05) is 6.61 Å². The van der Waals surface area contributed by atoms with E-state index in [2.05, 4.69) is 50.8 Å². The Morgan fingerprint density at radius 1 is 1.02 bits per heavy atom. The molecule has 0 saturated heterocycles. The quantitative estimate of drug-likeness (QED) is 0.0807. The van der Waals surface area contributed by atoms with Crippen LogP contribution in [0.1, 0.15) is 48.9 Å². The Morgan fingerprint density at radius 2 is 1.76 bits per heavy atom. The maximum Gasteiger partial charge on any atom is 0.312 e. The second kappa shape index (κ2) is 13.7. The van der Waals surface area contributed by atoms with Gasteiger partial charge in [0.1, 0.15) is 12.4 Å². The number of para-hydroxylation sites is 1. The molecule has 1 aromatic heterocycles. The van der Waals surface area contributed by atoms with Crippen LogP contribution in [0.2, 0.25) is 0 Å². The summed E-state index contributed by atoms with van der Waals surface area (Å²) < 4.78 is 14.5. The van der Waals surface area contributed by atoms with E-state index >= 15 is 0 Å². The number of rotatable bonds is 10. The molecule has 0 N–H and O–H groups in total. The standard InChI is InChI=1S/C34H30Br2N4O5/c1-5-44-31-14-21(4)28(17-27(31)20(2)3)33-38-29-9-7-6-8-26(29)34(41)39(33)37-18-23-15-25(36)16-30(40(42)43)32(23)45-19-22-10-12-24(35)13-11-22/h6-18,20H,5,19H2,1-4H3. The zero-order chi connectivity index (χ0) is 32.2. The normalized spacial score (nSPS) is 11.4. The minimum atomic E-state index is -0.509. The van der Waals surface area contributed by atoms with Crippen molar-refractivity contribution in [1.29, 1.82) is 0 Å². The molecule has 0 saturated carbocycles. The highest BCUT2D eigenvalue weighted by Crippen LogP contribution is 2.36. The zero-order valence-electron chi connectivity index (χ0n) is 25.1. The monoisotopic (exact) mass is 732 g/mol. The summed E-state index contributed by atoms with van der Waals surface area (Å²) in [4.78, 5) is 30.4. The van der Waals surface area contributed by atoms with Crippen LogP contribution in [0, 0.1) is 17.0 Å². The van der Waals surface area contributed by atoms with E-state index < -0.39 is 4.92 Å². The lowest BCUT2D eigenvalue weighted by Crippen LogP contribution is -2.21. The molecule has 11 heteroatoms. The van der Waals surface area contributed by atoms with Crippen molar-refractivity contribution in [3.63, 3.8) is 0 Å². The Kier molecular flexibility index (Phi) is 9.79. The molecule has 0 aliphatic carbocycles. The Morgan fingerprint density at radius 3 is 2.44 bits per heavy atom. The number of nitrogens with zero attached hydrogens (tertiary/aromatic N) is 4. The van der Waals surface area contributed by atoms with Gasteiger partial charge in [0.25, 0.3) is 5.56 Å². The molecule has 9 nitrogen and oxygen atoms in total. The predicted molar refractivity (Wildman–Crippen MR) is 184 cm³/mol. The molecule has 0 aliphatic rings. The van der Waals surface area contributed by atoms with Crippen LogP contribution in [-0.2, 0) is 6.61 Å². The summed E-state index contributed by atoms with van der Waals surface area (Å²) in [7, 11) is 0. The molecule has 45 heavy (non-hydrogen) atoms. The Hall–Kier alpha value is -4.35. The third-order valence-electron chi connectivity index (χ3n) is 7.14. The van der Waals surface area contributed by atoms with Gasteiger partial charge in [0.05, 0.1) is 28.6 Å². The fraction of sp³-hybridized carbons (Fsp3) is 0.206. The average Bonchev–Trinajstić information content (AvgIpc) is 3.00. The molecule has 0 fully saturated rings. The lowest BCUT2D eigenvalue weighted by atomic mass is 9.96. The van der Waals surface area contributed by atoms with Gasteiger partial charge in [-0.3, -0.25) is 14.9 Å². The molecule has 0 amide bonds. The van der Waals surface area contributed by atoms with Crippen LogP contribution in [0.15, 0.2) is 91.6 Å². The first-order valence-corrected chi connectivity index (χ1v) is 15.8. The first-order chi connectivity index (χ1) is 21.6. The summed E-state index contributed by atoms with van der Waals surface area (Å²) in [5.74, 6) is 1.28. The van der Waals surface area contributed by atoms with E-state index in [1.54, 1.807) is 24.3 Å². The van der Waals surface area contributed by atoms with Crippen LogP contribution >= 0.6 is 31.9 Å². The molecule has 0 radical (unpaired) electrons. The van der Waals surface area contributed by atoms with E-state index in [0.29, 0.717) is 38.9 Å². The number of aryl methyl sites for hydroxylation is 1. The number of nitro benzene ring substituents is 1. The number of hydrogen-bond acceptors (Lipinski definition) is 7. The number of fused-ring (bicyclic) bond motifs is 1. The minimum absolute atomic E-state index is 0.0255. The molecule has 4 aromatic carbocycles. The van der Waals surface area contributed by atoms with Crippen molar-refractivity contribution in [1.82, 2.24) is 9.66 Å². The molecule has 0 bridgehead atoms. The SMILES string of the molecule is CCOc1cc(C)c(-c2nc3ccccc3c(=O)n2N=Cc2cc(Br)cc([N+](=O)[O-])c2OCc2ccc(Br)cc2)cc1C(C)C. The van der Waals surface area contributed by atoms with Crippen LogP contribution in [0.3, 0.4) is 0 Å². The van der Waals surface area contributed by atoms with Crippen molar-refractivity contribution >= 4 is 54.7 Å². The molecule has 0 atom stereocenters. The summed E-state index contributed by atoms with van der Waals surface area (Å²) >= 11 is 6.79. The van der Waals surface area contributed by atoms with Crippen LogP contribution in [0.5, 0.6) is 11.5 Å². The number of halogens is 2. The van der Waals surface area contributed by atoms with Gasteiger partial charge in [0.15, 0.2) is 5.82 Å². The maximum atomic E-state index is 13.9. The summed E-state index contributed by atoms with van der Waals surface area (Å²) in [6.45, 7) is 8.63. The molecule has 5 rings (SSSR count). The van der Waals surface area contributed by atoms with Crippen molar-refractivity contribution < 1.29 is 14.4 Å². The fourth-order valence-electron chi connectivity index (χ4n) is 4.92. The molecule has 0 aliphatic heterocycles. The number of ether oxygens (including phenoxy) is 2. The first-order valence-electron chi connectivity index (χ1n) is 14.3. The van der Waals surface area contributed by atoms with Gasteiger partial charge in [-0.1, -0.05) is 70.0 Å². The molecule has 5 aromatic rings. The second-order valence-electron chi connectivity index (χ2n) is 10.6. The van der Waals surface area contributed by atoms with Crippen LogP contribution in [0.4, 0.5) is 5.69 Å². The summed E-state index contributed by atoms with van der Waals surface area (Å²) in [5, 5.41) is 17.1. The molecule has 230 valence electrons. The van der Waals surface area contributed by atoms with Crippen molar-refractivity contribution in [2.45, 2.75) is 40.2 Å². The van der Waals surface area contributed by atoms with Gasteiger partial charge in [0.2, 0.25) is 5.75 Å². The van der Waals surface area contributed by atoms with Gasteiger partial charge in [-0.05, 0) is 78.9 Å². The smallest absolute Gasteiger partial charge is 0.312 e. The lowest BCUT2D eigenvalue weighted by Gasteiger charge is -2.18. The Bertz CT molecular complexity index is 1990. The van der Waals surface area contributed by atoms with Gasteiger partial charge in [-0.2, -0.15) is 9.78 Å². The van der Waals surface area contributed by atoms with Crippen LogP contribution in [-0.4, -0.2) is 27.4 Å². The van der Waals surface area contributed by atoms with E-state index in [1.165, 1.54) is 17.0 Å². The van der Waals surface area contributed by atoms with E-state index in [4.69, 9.17) is 14.5 Å². The van der Waals surface area contributed by atoms with Crippen LogP contribution < -0.4 is 15.0 Å². The Labute approximate surface area is 276 Å². The highest BCUT2D eigenvalue weighted by atomic mass is 79.9. The van der Waals surface area contributed by atoms with E-state index in [1.807, 2.05) is 56.3 Å². The van der Waals surface area contributed by atoms with Gasteiger partial charge in [0, 0.05) is 26.1 Å². The number of benzene rings is 4. The summed E-state index contributed by atoms with van der Waals surface area (Å²) in [6.07, 6.45) is 1.39. The topological polar surface area (TPSA) is 109 Å². The third kappa shape index (κ3) is 6.99. The maximum absolute atomic E-state index is 13.9. The van der Waals surface area contributed by atoms with Gasteiger partial charge in [-0.15, -0.1) is 0 Å². The molecular formula is C34H30Br2N4O5. The third-order valence-corrected chi connectivity index (χ3v) is 8.13. The first kappa shape index (κ1) is 32.1. The predicted octanol–water partition coefficient (Wildman–Crippen LogP) is 8.79. The number of hydrogen-bond donors (Lipinski definition) is 0. The van der Waals surface area contributed by atoms with E-state index in [-0.39, 0.29) is 29.5 Å². The van der Waals surface area contributed by atoms with Gasteiger partial charge < -0.3 is 9.47 Å². The molecule has 1 heterocycles. The fourth-order valence-corrected chi connectivity index (χ4v) is 5.65.